The molecule has 0 N–H and O–H groups in total. The van der Waals surface area contributed by atoms with Gasteiger partial charge in [0.15, 0.2) is 0 Å². The van der Waals surface area contributed by atoms with E-state index in [4.69, 9.17) is 4.18 Å². The van der Waals surface area contributed by atoms with Crippen molar-refractivity contribution in [3.05, 3.63) is 41.7 Å². The molecule has 0 saturated heterocycles. The molecule has 0 heterocycles. The largest absolute Gasteiger partial charge is 0.463 e. The molecule has 6 nitrogen and oxygen atoms in total. The number of carbonyl (C=O) groups is 2. The lowest BCUT2D eigenvalue weighted by Gasteiger charge is -2.10. The number of Topliss-reactive ketones (excluding diaryl/α,β-unsaturated/α-hetero) is 1. The average molecular weight is 326 g/mol. The van der Waals surface area contributed by atoms with Crippen LogP contribution in [0.3, 0.4) is 0 Å². The minimum Gasteiger partial charge on any atom is -0.463 e. The second kappa shape index (κ2) is 7.74. The monoisotopic (exact) mass is 326 g/mol. The van der Waals surface area contributed by atoms with Gasteiger partial charge in [-0.1, -0.05) is 17.7 Å². The normalized spacial score (nSPS) is 11.9. The Morgan fingerprint density at radius 2 is 1.77 bits per heavy atom. The summed E-state index contributed by atoms with van der Waals surface area (Å²) < 4.78 is 33.9. The zero-order chi connectivity index (χ0) is 16.8. The molecule has 120 valence electrons. The fraction of sp³-hybridized carbons (Fsp3) is 0.333. The fourth-order valence-electron chi connectivity index (χ4n) is 1.56. The second-order valence-corrected chi connectivity index (χ2v) is 6.14. The molecular weight excluding hydrogens is 308 g/mol. The summed E-state index contributed by atoms with van der Waals surface area (Å²) >= 11 is 0. The van der Waals surface area contributed by atoms with Crippen molar-refractivity contribution in [3.8, 4) is 0 Å². The Morgan fingerprint density at radius 1 is 1.18 bits per heavy atom. The van der Waals surface area contributed by atoms with Crippen LogP contribution in [0.4, 0.5) is 0 Å². The van der Waals surface area contributed by atoms with Crippen LogP contribution in [0.1, 0.15) is 25.8 Å². The second-order valence-electron chi connectivity index (χ2n) is 4.59. The predicted molar refractivity (Wildman–Crippen MR) is 79.5 cm³/mol. The van der Waals surface area contributed by atoms with Gasteiger partial charge in [0.1, 0.15) is 16.4 Å². The van der Waals surface area contributed by atoms with Gasteiger partial charge in [-0.05, 0) is 32.9 Å². The number of rotatable bonds is 7. The van der Waals surface area contributed by atoms with Gasteiger partial charge < -0.3 is 8.92 Å². The summed E-state index contributed by atoms with van der Waals surface area (Å²) in [6, 6.07) is 6.02. The molecule has 0 radical (unpaired) electrons. The molecule has 0 bridgehead atoms. The van der Waals surface area contributed by atoms with E-state index in [1.165, 1.54) is 19.1 Å². The molecule has 1 rings (SSSR count). The summed E-state index contributed by atoms with van der Waals surface area (Å²) in [7, 11) is -4.11. The van der Waals surface area contributed by atoms with Gasteiger partial charge in [0.05, 0.1) is 19.1 Å². The first-order valence-corrected chi connectivity index (χ1v) is 8.03. The summed E-state index contributed by atoms with van der Waals surface area (Å²) in [5.41, 5.74) is 0.893. The van der Waals surface area contributed by atoms with Gasteiger partial charge in [-0.15, -0.1) is 0 Å². The van der Waals surface area contributed by atoms with E-state index < -0.39 is 16.1 Å². The fourth-order valence-corrected chi connectivity index (χ4v) is 2.51. The molecule has 0 spiro atoms. The SMILES string of the molecule is CCOC(=O)/C=C(\CC(C)=O)OS(=O)(=O)c1ccc(C)cc1. The van der Waals surface area contributed by atoms with Crippen LogP contribution in [0.15, 0.2) is 41.0 Å². The predicted octanol–water partition coefficient (Wildman–Crippen LogP) is 2.13. The Hall–Kier alpha value is -2.15. The third kappa shape index (κ3) is 5.69. The molecular formula is C15H18O6S. The maximum Gasteiger partial charge on any atom is 0.338 e. The van der Waals surface area contributed by atoms with Crippen molar-refractivity contribution in [2.45, 2.75) is 32.1 Å². The smallest absolute Gasteiger partial charge is 0.338 e. The quantitative estimate of drug-likeness (QED) is 0.330. The lowest BCUT2D eigenvalue weighted by Crippen LogP contribution is -2.11. The maximum atomic E-state index is 12.1. The van der Waals surface area contributed by atoms with E-state index in [-0.39, 0.29) is 29.5 Å². The summed E-state index contributed by atoms with van der Waals surface area (Å²) in [5.74, 6) is -1.38. The van der Waals surface area contributed by atoms with E-state index >= 15 is 0 Å². The molecule has 0 saturated carbocycles. The highest BCUT2D eigenvalue weighted by Gasteiger charge is 2.19. The van der Waals surface area contributed by atoms with E-state index in [0.29, 0.717) is 0 Å². The summed E-state index contributed by atoms with van der Waals surface area (Å²) in [4.78, 5) is 22.6. The van der Waals surface area contributed by atoms with Crippen LogP contribution in [0.2, 0.25) is 0 Å². The topological polar surface area (TPSA) is 86.7 Å². The molecule has 0 aliphatic rings. The first kappa shape index (κ1) is 17.9. The van der Waals surface area contributed by atoms with Gasteiger partial charge in [0, 0.05) is 0 Å². The summed E-state index contributed by atoms with van der Waals surface area (Å²) in [6.07, 6.45) is 0.556. The van der Waals surface area contributed by atoms with Crippen LogP contribution in [-0.4, -0.2) is 26.8 Å². The van der Waals surface area contributed by atoms with Crippen molar-refractivity contribution in [2.75, 3.05) is 6.61 Å². The highest BCUT2D eigenvalue weighted by atomic mass is 32.2. The van der Waals surface area contributed by atoms with Crippen LogP contribution >= 0.6 is 0 Å². The van der Waals surface area contributed by atoms with Crippen molar-refractivity contribution in [2.24, 2.45) is 0 Å². The van der Waals surface area contributed by atoms with E-state index in [2.05, 4.69) is 4.74 Å². The number of ether oxygens (including phenoxy) is 1. The number of hydrogen-bond acceptors (Lipinski definition) is 6. The standard InChI is InChI=1S/C15H18O6S/c1-4-20-15(17)10-13(9-12(3)16)21-22(18,19)14-7-5-11(2)6-8-14/h5-8,10H,4,9H2,1-3H3/b13-10+. The van der Waals surface area contributed by atoms with E-state index in [0.717, 1.165) is 11.6 Å². The molecule has 0 fully saturated rings. The number of hydrogen-bond donors (Lipinski definition) is 0. The van der Waals surface area contributed by atoms with E-state index in [1.54, 1.807) is 19.1 Å². The first-order valence-electron chi connectivity index (χ1n) is 6.62. The molecule has 1 aromatic rings. The first-order chi connectivity index (χ1) is 10.2. The van der Waals surface area contributed by atoms with E-state index in [1.807, 2.05) is 6.92 Å². The molecule has 1 aromatic carbocycles. The molecule has 0 aliphatic heterocycles. The van der Waals surface area contributed by atoms with Crippen LogP contribution in [0.25, 0.3) is 0 Å². The number of carbonyl (C=O) groups excluding carboxylic acids is 2. The van der Waals surface area contributed by atoms with Crippen molar-refractivity contribution in [1.82, 2.24) is 0 Å². The highest BCUT2D eigenvalue weighted by molar-refractivity contribution is 7.86. The average Bonchev–Trinajstić information content (AvgIpc) is 2.37. The molecule has 22 heavy (non-hydrogen) atoms. The number of esters is 1. The van der Waals surface area contributed by atoms with Crippen LogP contribution in [-0.2, 0) is 28.6 Å². The van der Waals surface area contributed by atoms with Crippen molar-refractivity contribution in [1.29, 1.82) is 0 Å². The number of aryl methyl sites for hydroxylation is 1. The summed E-state index contributed by atoms with van der Waals surface area (Å²) in [6.45, 7) is 4.83. The Kier molecular flexibility index (Phi) is 6.30. The van der Waals surface area contributed by atoms with Gasteiger partial charge >= 0.3 is 16.1 Å². The minimum absolute atomic E-state index is 0.0589. The van der Waals surface area contributed by atoms with Crippen molar-refractivity contribution >= 4 is 21.9 Å². The van der Waals surface area contributed by atoms with Crippen LogP contribution in [0, 0.1) is 6.92 Å². The van der Waals surface area contributed by atoms with E-state index in [9.17, 15) is 18.0 Å². The molecule has 0 aliphatic carbocycles. The maximum absolute atomic E-state index is 12.1. The Balaban J connectivity index is 3.04. The number of ketones is 1. The molecule has 7 heteroatoms. The van der Waals surface area contributed by atoms with Gasteiger partial charge in [0.25, 0.3) is 0 Å². The Labute approximate surface area is 129 Å². The third-order valence-corrected chi connectivity index (χ3v) is 3.80. The Bertz CT molecular complexity index is 670. The zero-order valence-corrected chi connectivity index (χ0v) is 13.5. The van der Waals surface area contributed by atoms with Gasteiger partial charge in [-0.2, -0.15) is 8.42 Å². The van der Waals surface area contributed by atoms with Crippen LogP contribution < -0.4 is 0 Å². The molecule has 0 atom stereocenters. The van der Waals surface area contributed by atoms with Crippen molar-refractivity contribution < 1.29 is 26.9 Å². The van der Waals surface area contributed by atoms with Crippen LogP contribution in [0.5, 0.6) is 0 Å². The number of allylic oxidation sites excluding steroid dienone is 1. The van der Waals surface area contributed by atoms with Crippen molar-refractivity contribution in [3.63, 3.8) is 0 Å². The lowest BCUT2D eigenvalue weighted by atomic mass is 10.2. The highest BCUT2D eigenvalue weighted by Crippen LogP contribution is 2.18. The number of benzene rings is 1. The van der Waals surface area contributed by atoms with Gasteiger partial charge in [-0.3, -0.25) is 4.79 Å². The molecule has 0 aromatic heterocycles. The zero-order valence-electron chi connectivity index (χ0n) is 12.7. The Morgan fingerprint density at radius 3 is 2.27 bits per heavy atom. The summed E-state index contributed by atoms with van der Waals surface area (Å²) in [5, 5.41) is 0. The minimum atomic E-state index is -4.11. The lowest BCUT2D eigenvalue weighted by molar-refractivity contribution is -0.137. The molecule has 0 unspecified atom stereocenters. The van der Waals surface area contributed by atoms with Gasteiger partial charge in [0.2, 0.25) is 0 Å². The third-order valence-electron chi connectivity index (χ3n) is 2.52. The van der Waals surface area contributed by atoms with Gasteiger partial charge in [-0.25, -0.2) is 4.79 Å². The molecule has 0 amide bonds.